The fourth-order valence-corrected chi connectivity index (χ4v) is 3.55. The number of benzene rings is 1. The highest BCUT2D eigenvalue weighted by Crippen LogP contribution is 2.23. The molecule has 7 nitrogen and oxygen atoms in total. The van der Waals surface area contributed by atoms with Crippen LogP contribution >= 0.6 is 0 Å². The SMILES string of the molecule is CCN=C(NCC)c1cccc(-c2nc(NC3CCN(C(C)=O)CC3)ncc2F)c1.[HH].[HH]. The van der Waals surface area contributed by atoms with Crippen molar-refractivity contribution in [3.05, 3.63) is 41.8 Å². The molecule has 0 saturated carbocycles. The van der Waals surface area contributed by atoms with Gasteiger partial charge in [-0.25, -0.2) is 14.4 Å². The summed E-state index contributed by atoms with van der Waals surface area (Å²) in [6.45, 7) is 8.39. The highest BCUT2D eigenvalue weighted by Gasteiger charge is 2.21. The van der Waals surface area contributed by atoms with E-state index in [0.717, 1.165) is 30.8 Å². The molecule has 164 valence electrons. The fourth-order valence-electron chi connectivity index (χ4n) is 3.55. The Morgan fingerprint density at radius 1 is 1.33 bits per heavy atom. The number of aromatic nitrogens is 2. The zero-order chi connectivity index (χ0) is 21.5. The quantitative estimate of drug-likeness (QED) is 0.556. The lowest BCUT2D eigenvalue weighted by atomic mass is 10.1. The van der Waals surface area contributed by atoms with Crippen molar-refractivity contribution >= 4 is 17.7 Å². The molecule has 1 aromatic heterocycles. The summed E-state index contributed by atoms with van der Waals surface area (Å²) >= 11 is 0. The van der Waals surface area contributed by atoms with Crippen LogP contribution in [-0.2, 0) is 4.79 Å². The second-order valence-corrected chi connectivity index (χ2v) is 7.25. The molecule has 1 aromatic carbocycles. The Balaban J connectivity index is 0.00000256. The molecule has 1 aliphatic heterocycles. The Kier molecular flexibility index (Phi) is 7.32. The standard InChI is InChI=1S/C22H29FN6O.2H2/c1-4-24-21(25-5-2)17-8-6-7-16(13-17)20-19(23)14-26-22(28-20)27-18-9-11-29(12-10-18)15(3)30;;/h6-8,13-14,18H,4-5,9-12H2,1-3H3,(H,24,25)(H,26,27,28);2*1H. The minimum Gasteiger partial charge on any atom is -0.370 e. The molecule has 1 amide bonds. The molecule has 3 rings (SSSR count). The lowest BCUT2D eigenvalue weighted by Crippen LogP contribution is -2.41. The first-order chi connectivity index (χ1) is 14.5. The summed E-state index contributed by atoms with van der Waals surface area (Å²) in [4.78, 5) is 26.4. The molecule has 0 aliphatic carbocycles. The van der Waals surface area contributed by atoms with Gasteiger partial charge in [-0.15, -0.1) is 0 Å². The number of nitrogens with zero attached hydrogens (tertiary/aromatic N) is 4. The number of anilines is 1. The number of piperidine rings is 1. The van der Waals surface area contributed by atoms with Gasteiger partial charge in [0.15, 0.2) is 5.82 Å². The largest absolute Gasteiger partial charge is 0.370 e. The van der Waals surface area contributed by atoms with Crippen molar-refractivity contribution in [3.63, 3.8) is 0 Å². The van der Waals surface area contributed by atoms with Gasteiger partial charge in [0.05, 0.1) is 6.20 Å². The molecule has 2 N–H and O–H groups in total. The van der Waals surface area contributed by atoms with E-state index in [1.807, 2.05) is 43.0 Å². The van der Waals surface area contributed by atoms with Crippen molar-refractivity contribution < 1.29 is 12.0 Å². The topological polar surface area (TPSA) is 82.5 Å². The Bertz CT molecular complexity index is 919. The first kappa shape index (κ1) is 21.7. The Morgan fingerprint density at radius 3 is 2.77 bits per heavy atom. The predicted octanol–water partition coefficient (Wildman–Crippen LogP) is 3.57. The van der Waals surface area contributed by atoms with E-state index in [1.54, 1.807) is 6.92 Å². The van der Waals surface area contributed by atoms with E-state index < -0.39 is 5.82 Å². The molecule has 0 spiro atoms. The average Bonchev–Trinajstić information content (AvgIpc) is 2.75. The van der Waals surface area contributed by atoms with Crippen LogP contribution in [0.25, 0.3) is 11.3 Å². The van der Waals surface area contributed by atoms with Crippen molar-refractivity contribution in [2.45, 2.75) is 39.7 Å². The Labute approximate surface area is 179 Å². The number of carbonyl (C=O) groups excluding carboxylic acids is 1. The number of aliphatic imine (C=N–C) groups is 1. The summed E-state index contributed by atoms with van der Waals surface area (Å²) in [5.74, 6) is 0.804. The zero-order valence-corrected chi connectivity index (χ0v) is 17.8. The second-order valence-electron chi connectivity index (χ2n) is 7.25. The first-order valence-electron chi connectivity index (χ1n) is 10.5. The van der Waals surface area contributed by atoms with E-state index in [-0.39, 0.29) is 20.5 Å². The number of carbonyl (C=O) groups is 1. The molecule has 1 fully saturated rings. The van der Waals surface area contributed by atoms with Crippen molar-refractivity contribution in [1.82, 2.24) is 20.2 Å². The molecule has 2 heterocycles. The van der Waals surface area contributed by atoms with Gasteiger partial charge in [0.25, 0.3) is 0 Å². The third-order valence-electron chi connectivity index (χ3n) is 5.09. The van der Waals surface area contributed by atoms with Crippen molar-refractivity contribution in [2.75, 3.05) is 31.5 Å². The maximum absolute atomic E-state index is 14.6. The van der Waals surface area contributed by atoms with Crippen LogP contribution in [-0.4, -0.2) is 58.8 Å². The van der Waals surface area contributed by atoms with E-state index >= 15 is 0 Å². The van der Waals surface area contributed by atoms with Gasteiger partial charge < -0.3 is 15.5 Å². The van der Waals surface area contributed by atoms with E-state index in [9.17, 15) is 9.18 Å². The summed E-state index contributed by atoms with van der Waals surface area (Å²) in [7, 11) is 0. The van der Waals surface area contributed by atoms with Crippen LogP contribution in [0, 0.1) is 5.82 Å². The van der Waals surface area contributed by atoms with Gasteiger partial charge in [-0.05, 0) is 32.8 Å². The van der Waals surface area contributed by atoms with E-state index in [0.29, 0.717) is 31.1 Å². The van der Waals surface area contributed by atoms with Crippen LogP contribution in [0.3, 0.4) is 0 Å². The second kappa shape index (κ2) is 10.1. The number of nitrogens with one attached hydrogen (secondary N) is 2. The average molecular weight is 417 g/mol. The van der Waals surface area contributed by atoms with Crippen LogP contribution in [0.5, 0.6) is 0 Å². The number of amides is 1. The van der Waals surface area contributed by atoms with Gasteiger partial charge in [-0.3, -0.25) is 9.79 Å². The summed E-state index contributed by atoms with van der Waals surface area (Å²) in [6, 6.07) is 7.69. The number of halogens is 1. The molecular weight excluding hydrogens is 383 g/mol. The lowest BCUT2D eigenvalue weighted by molar-refractivity contribution is -0.129. The summed E-state index contributed by atoms with van der Waals surface area (Å²) < 4.78 is 14.6. The molecule has 0 bridgehead atoms. The van der Waals surface area contributed by atoms with Gasteiger partial charge in [0, 0.05) is 53.1 Å². The number of amidine groups is 1. The highest BCUT2D eigenvalue weighted by molar-refractivity contribution is 5.99. The number of likely N-dealkylation sites (tertiary alicyclic amines) is 1. The maximum Gasteiger partial charge on any atom is 0.223 e. The summed E-state index contributed by atoms with van der Waals surface area (Å²) in [6.07, 6.45) is 2.82. The van der Waals surface area contributed by atoms with Gasteiger partial charge in [0.1, 0.15) is 11.5 Å². The predicted molar refractivity (Wildman–Crippen MR) is 121 cm³/mol. The van der Waals surface area contributed by atoms with Crippen LogP contribution in [0.1, 0.15) is 42.0 Å². The number of rotatable bonds is 6. The first-order valence-corrected chi connectivity index (χ1v) is 10.5. The molecule has 0 radical (unpaired) electrons. The van der Waals surface area contributed by atoms with Gasteiger partial charge in [-0.1, -0.05) is 18.2 Å². The van der Waals surface area contributed by atoms with Crippen molar-refractivity contribution in [1.29, 1.82) is 0 Å². The van der Waals surface area contributed by atoms with Gasteiger partial charge in [0.2, 0.25) is 11.9 Å². The van der Waals surface area contributed by atoms with Gasteiger partial charge in [-0.2, -0.15) is 0 Å². The smallest absolute Gasteiger partial charge is 0.223 e. The molecule has 0 atom stereocenters. The van der Waals surface area contributed by atoms with Crippen molar-refractivity contribution in [2.24, 2.45) is 4.99 Å². The number of hydrogen-bond donors (Lipinski definition) is 2. The van der Waals surface area contributed by atoms with E-state index in [2.05, 4.69) is 25.6 Å². The lowest BCUT2D eigenvalue weighted by Gasteiger charge is -2.31. The zero-order valence-electron chi connectivity index (χ0n) is 17.8. The molecule has 8 heteroatoms. The maximum atomic E-state index is 14.6. The molecule has 30 heavy (non-hydrogen) atoms. The molecule has 1 aliphatic rings. The van der Waals surface area contributed by atoms with Crippen LogP contribution in [0.4, 0.5) is 10.3 Å². The minimum absolute atomic E-state index is 0. The van der Waals surface area contributed by atoms with Crippen LogP contribution < -0.4 is 10.6 Å². The monoisotopic (exact) mass is 416 g/mol. The molecule has 1 saturated heterocycles. The Hall–Kier alpha value is -3.03. The van der Waals surface area contributed by atoms with Crippen LogP contribution in [0.15, 0.2) is 35.5 Å². The minimum atomic E-state index is -0.471. The molecular formula is C22H33FN6O. The fraction of sp³-hybridized carbons (Fsp3) is 0.455. The third-order valence-corrected chi connectivity index (χ3v) is 5.09. The third kappa shape index (κ3) is 5.31. The number of hydrogen-bond acceptors (Lipinski definition) is 5. The summed E-state index contributed by atoms with van der Waals surface area (Å²) in [5, 5.41) is 6.55. The molecule has 2 aromatic rings. The van der Waals surface area contributed by atoms with Gasteiger partial charge >= 0.3 is 0 Å². The molecule has 0 unspecified atom stereocenters. The van der Waals surface area contributed by atoms with E-state index in [4.69, 9.17) is 0 Å². The highest BCUT2D eigenvalue weighted by atomic mass is 19.1. The Morgan fingerprint density at radius 2 is 2.10 bits per heavy atom. The normalized spacial score (nSPS) is 15.2. The van der Waals surface area contributed by atoms with Crippen molar-refractivity contribution in [3.8, 4) is 11.3 Å². The summed E-state index contributed by atoms with van der Waals surface area (Å²) in [5.41, 5.74) is 1.81. The van der Waals surface area contributed by atoms with Crippen LogP contribution in [0.2, 0.25) is 0 Å². The van der Waals surface area contributed by atoms with E-state index in [1.165, 1.54) is 6.20 Å².